The summed E-state index contributed by atoms with van der Waals surface area (Å²) in [7, 11) is 0. The summed E-state index contributed by atoms with van der Waals surface area (Å²) in [5, 5.41) is 0. The summed E-state index contributed by atoms with van der Waals surface area (Å²) in [4.78, 5) is 25.4. The van der Waals surface area contributed by atoms with E-state index in [-0.39, 0.29) is 22.7 Å². The Balaban J connectivity index is 2.70. The highest BCUT2D eigenvalue weighted by molar-refractivity contribution is 7.80. The van der Waals surface area contributed by atoms with Crippen LogP contribution in [0.4, 0.5) is 0 Å². The first-order valence-electron chi connectivity index (χ1n) is 6.21. The fourth-order valence-corrected chi connectivity index (χ4v) is 2.38. The van der Waals surface area contributed by atoms with Gasteiger partial charge < -0.3 is 16.4 Å². The summed E-state index contributed by atoms with van der Waals surface area (Å²) in [5.41, 5.74) is 10.2. The SMILES string of the molecule is CCC(C)(C(=O)N1CCC(C(N)=O)CC1)C(N)=S. The van der Waals surface area contributed by atoms with Crippen LogP contribution in [0.1, 0.15) is 33.1 Å². The molecule has 4 N–H and O–H groups in total. The van der Waals surface area contributed by atoms with Gasteiger partial charge in [-0.05, 0) is 26.2 Å². The molecule has 0 radical (unpaired) electrons. The molecule has 1 heterocycles. The van der Waals surface area contributed by atoms with Crippen LogP contribution in [-0.2, 0) is 9.59 Å². The van der Waals surface area contributed by atoms with Crippen LogP contribution < -0.4 is 11.5 Å². The smallest absolute Gasteiger partial charge is 0.235 e. The van der Waals surface area contributed by atoms with Crippen molar-refractivity contribution in [3.05, 3.63) is 0 Å². The lowest BCUT2D eigenvalue weighted by atomic mass is 9.84. The van der Waals surface area contributed by atoms with Gasteiger partial charge in [0.05, 0.1) is 10.4 Å². The molecule has 102 valence electrons. The van der Waals surface area contributed by atoms with Crippen molar-refractivity contribution < 1.29 is 9.59 Å². The van der Waals surface area contributed by atoms with Crippen LogP contribution in [-0.4, -0.2) is 34.8 Å². The third-order valence-electron chi connectivity index (χ3n) is 3.91. The average molecular weight is 271 g/mol. The van der Waals surface area contributed by atoms with Gasteiger partial charge in [0.25, 0.3) is 0 Å². The van der Waals surface area contributed by atoms with Crippen molar-refractivity contribution in [3.63, 3.8) is 0 Å². The van der Waals surface area contributed by atoms with Crippen LogP contribution in [0, 0.1) is 11.3 Å². The minimum Gasteiger partial charge on any atom is -0.392 e. The summed E-state index contributed by atoms with van der Waals surface area (Å²) in [6.07, 6.45) is 1.83. The van der Waals surface area contributed by atoms with Gasteiger partial charge in [-0.1, -0.05) is 19.1 Å². The maximum absolute atomic E-state index is 12.4. The molecule has 0 bridgehead atoms. The third kappa shape index (κ3) is 2.80. The van der Waals surface area contributed by atoms with Gasteiger partial charge in [-0.2, -0.15) is 0 Å². The molecular formula is C12H21N3O2S. The van der Waals surface area contributed by atoms with Crippen molar-refractivity contribution in [2.75, 3.05) is 13.1 Å². The predicted octanol–water partition coefficient (Wildman–Crippen LogP) is 0.413. The van der Waals surface area contributed by atoms with Gasteiger partial charge in [-0.25, -0.2) is 0 Å². The lowest BCUT2D eigenvalue weighted by Gasteiger charge is -2.37. The number of nitrogens with two attached hydrogens (primary N) is 2. The lowest BCUT2D eigenvalue weighted by molar-refractivity contribution is -0.140. The molecule has 0 saturated carbocycles. The summed E-state index contributed by atoms with van der Waals surface area (Å²) in [5.74, 6) is -0.443. The molecule has 1 atom stereocenters. The van der Waals surface area contributed by atoms with Gasteiger partial charge in [0.15, 0.2) is 0 Å². The van der Waals surface area contributed by atoms with Crippen molar-refractivity contribution in [3.8, 4) is 0 Å². The van der Waals surface area contributed by atoms with Crippen molar-refractivity contribution in [1.29, 1.82) is 0 Å². The number of hydrogen-bond donors (Lipinski definition) is 2. The number of carbonyl (C=O) groups excluding carboxylic acids is 2. The quantitative estimate of drug-likeness (QED) is 0.725. The molecule has 1 rings (SSSR count). The Bertz CT molecular complexity index is 364. The molecule has 0 aromatic heterocycles. The van der Waals surface area contributed by atoms with Gasteiger partial charge in [0.1, 0.15) is 0 Å². The molecule has 0 aromatic rings. The van der Waals surface area contributed by atoms with E-state index < -0.39 is 5.41 Å². The van der Waals surface area contributed by atoms with E-state index in [9.17, 15) is 9.59 Å². The molecule has 0 aliphatic carbocycles. The zero-order valence-electron chi connectivity index (χ0n) is 10.9. The summed E-state index contributed by atoms with van der Waals surface area (Å²) in [6, 6.07) is 0. The van der Waals surface area contributed by atoms with E-state index in [1.165, 1.54) is 0 Å². The fraction of sp³-hybridized carbons (Fsp3) is 0.750. The van der Waals surface area contributed by atoms with Crippen LogP contribution in [0.3, 0.4) is 0 Å². The second-order valence-corrected chi connectivity index (χ2v) is 5.46. The fourth-order valence-electron chi connectivity index (χ4n) is 2.15. The standard InChI is InChI=1S/C12H21N3O2S/c1-3-12(2,10(14)18)11(17)15-6-4-8(5-7-15)9(13)16/h8H,3-7H2,1-2H3,(H2,13,16)(H2,14,18). The van der Waals surface area contributed by atoms with E-state index in [4.69, 9.17) is 23.7 Å². The number of rotatable bonds is 4. The van der Waals surface area contributed by atoms with Crippen LogP contribution in [0.5, 0.6) is 0 Å². The van der Waals surface area contributed by atoms with Crippen molar-refractivity contribution in [1.82, 2.24) is 4.90 Å². The molecule has 18 heavy (non-hydrogen) atoms. The van der Waals surface area contributed by atoms with Gasteiger partial charge in [-0.15, -0.1) is 0 Å². The number of nitrogens with zero attached hydrogens (tertiary/aromatic N) is 1. The number of likely N-dealkylation sites (tertiary alicyclic amines) is 1. The zero-order chi connectivity index (χ0) is 13.9. The van der Waals surface area contributed by atoms with Gasteiger partial charge in [-0.3, -0.25) is 9.59 Å². The number of thiocarbonyl (C=S) groups is 1. The van der Waals surface area contributed by atoms with Crippen LogP contribution in [0.2, 0.25) is 0 Å². The summed E-state index contributed by atoms with van der Waals surface area (Å²) >= 11 is 5.00. The Morgan fingerprint density at radius 1 is 1.33 bits per heavy atom. The van der Waals surface area contributed by atoms with E-state index in [1.807, 2.05) is 6.92 Å². The van der Waals surface area contributed by atoms with Gasteiger partial charge in [0, 0.05) is 19.0 Å². The average Bonchev–Trinajstić information content (AvgIpc) is 2.36. The van der Waals surface area contributed by atoms with Crippen LogP contribution >= 0.6 is 12.2 Å². The second-order valence-electron chi connectivity index (χ2n) is 5.02. The van der Waals surface area contributed by atoms with E-state index in [0.29, 0.717) is 32.4 Å². The molecular weight excluding hydrogens is 250 g/mol. The Labute approximate surface area is 113 Å². The Kier molecular flexibility index (Phi) is 4.67. The van der Waals surface area contributed by atoms with E-state index in [0.717, 1.165) is 0 Å². The minimum atomic E-state index is -0.783. The molecule has 1 saturated heterocycles. The van der Waals surface area contributed by atoms with Crippen molar-refractivity contribution >= 4 is 29.0 Å². The van der Waals surface area contributed by atoms with E-state index >= 15 is 0 Å². The van der Waals surface area contributed by atoms with Gasteiger partial charge in [0.2, 0.25) is 11.8 Å². The first kappa shape index (κ1) is 14.9. The first-order chi connectivity index (χ1) is 8.32. The lowest BCUT2D eigenvalue weighted by Crippen LogP contribution is -2.51. The number of amides is 2. The molecule has 1 unspecified atom stereocenters. The Hall–Kier alpha value is -1.17. The summed E-state index contributed by atoms with van der Waals surface area (Å²) in [6.45, 7) is 4.76. The maximum Gasteiger partial charge on any atom is 0.235 e. The molecule has 1 aliphatic heterocycles. The highest BCUT2D eigenvalue weighted by Crippen LogP contribution is 2.27. The minimum absolute atomic E-state index is 0.0413. The van der Waals surface area contributed by atoms with E-state index in [2.05, 4.69) is 0 Å². The molecule has 0 spiro atoms. The Morgan fingerprint density at radius 3 is 2.17 bits per heavy atom. The molecule has 5 nitrogen and oxygen atoms in total. The predicted molar refractivity (Wildman–Crippen MR) is 73.7 cm³/mol. The highest BCUT2D eigenvalue weighted by Gasteiger charge is 2.39. The molecule has 2 amide bonds. The van der Waals surface area contributed by atoms with Crippen molar-refractivity contribution in [2.24, 2.45) is 22.8 Å². The Morgan fingerprint density at radius 2 is 1.83 bits per heavy atom. The monoisotopic (exact) mass is 271 g/mol. The highest BCUT2D eigenvalue weighted by atomic mass is 32.1. The van der Waals surface area contributed by atoms with Gasteiger partial charge >= 0.3 is 0 Å². The third-order valence-corrected chi connectivity index (χ3v) is 4.36. The molecule has 0 aromatic carbocycles. The molecule has 1 aliphatic rings. The number of hydrogen-bond acceptors (Lipinski definition) is 3. The number of piperidine rings is 1. The maximum atomic E-state index is 12.4. The first-order valence-corrected chi connectivity index (χ1v) is 6.62. The number of carbonyl (C=O) groups is 2. The van der Waals surface area contributed by atoms with Crippen LogP contribution in [0.15, 0.2) is 0 Å². The summed E-state index contributed by atoms with van der Waals surface area (Å²) < 4.78 is 0. The van der Waals surface area contributed by atoms with E-state index in [1.54, 1.807) is 11.8 Å². The molecule has 6 heteroatoms. The normalized spacial score (nSPS) is 20.2. The second kappa shape index (κ2) is 5.65. The van der Waals surface area contributed by atoms with Crippen molar-refractivity contribution in [2.45, 2.75) is 33.1 Å². The topological polar surface area (TPSA) is 89.4 Å². The van der Waals surface area contributed by atoms with Crippen LogP contribution in [0.25, 0.3) is 0 Å². The zero-order valence-corrected chi connectivity index (χ0v) is 11.8. The largest absolute Gasteiger partial charge is 0.392 e. The number of primary amides is 1. The molecule has 1 fully saturated rings.